The van der Waals surface area contributed by atoms with Crippen molar-refractivity contribution in [3.05, 3.63) is 71.3 Å². The van der Waals surface area contributed by atoms with Gasteiger partial charge < -0.3 is 19.1 Å². The number of nitrogens with one attached hydrogen (secondary N) is 1. The van der Waals surface area contributed by atoms with Crippen LogP contribution in [0.4, 0.5) is 0 Å². The molecule has 4 heterocycles. The SMILES string of the molecule is COc1ccccc1Cc1csc(-c2cccc3c2nc(O[C@@H]2C[C@H]4C(=O)C[C@]5(C(=O)NS(=O)(=O)C6(C)CC6)C[C@H]5/C=C\CCCCC[C@H](CC(=O)OC(C)(C)C)C(=O)N4C2)n3C(C)C)n1. The van der Waals surface area contributed by atoms with Gasteiger partial charge in [0, 0.05) is 47.7 Å². The molecule has 2 saturated carbocycles. The smallest absolute Gasteiger partial charge is 0.307 e. The number of ether oxygens (including phenoxy) is 3. The molecule has 16 heteroatoms. The zero-order chi connectivity index (χ0) is 47.2. The van der Waals surface area contributed by atoms with Crippen LogP contribution in [0.15, 0.2) is 60.0 Å². The van der Waals surface area contributed by atoms with Crippen LogP contribution in [0.5, 0.6) is 11.8 Å². The minimum Gasteiger partial charge on any atom is -0.496 e. The summed E-state index contributed by atoms with van der Waals surface area (Å²) in [7, 11) is -2.31. The maximum absolute atomic E-state index is 14.9. The molecule has 3 fully saturated rings. The number of rotatable bonds is 12. The van der Waals surface area contributed by atoms with Crippen LogP contribution in [0.25, 0.3) is 21.6 Å². The molecule has 5 atom stereocenters. The molecule has 2 amide bonds. The number of ketones is 1. The Bertz CT molecular complexity index is 2640. The van der Waals surface area contributed by atoms with Gasteiger partial charge in [0.1, 0.15) is 28.0 Å². The summed E-state index contributed by atoms with van der Waals surface area (Å²) in [5.74, 6) is -2.15. The molecule has 2 aromatic carbocycles. The fourth-order valence-electron chi connectivity index (χ4n) is 9.56. The van der Waals surface area contributed by atoms with Gasteiger partial charge in [-0.2, -0.15) is 4.98 Å². The number of esters is 1. The Morgan fingerprint density at radius 2 is 1.80 bits per heavy atom. The van der Waals surface area contributed by atoms with Gasteiger partial charge >= 0.3 is 5.97 Å². The molecule has 354 valence electrons. The molecule has 2 aliphatic heterocycles. The average molecular weight is 942 g/mol. The van der Waals surface area contributed by atoms with Crippen molar-refractivity contribution in [1.29, 1.82) is 0 Å². The van der Waals surface area contributed by atoms with E-state index in [-0.39, 0.29) is 49.5 Å². The second kappa shape index (κ2) is 18.5. The van der Waals surface area contributed by atoms with Crippen molar-refractivity contribution < 1.29 is 41.8 Å². The second-order valence-electron chi connectivity index (χ2n) is 20.2. The van der Waals surface area contributed by atoms with Crippen molar-refractivity contribution in [2.24, 2.45) is 17.3 Å². The van der Waals surface area contributed by atoms with Gasteiger partial charge in [0.15, 0.2) is 5.78 Å². The number of hydrogen-bond acceptors (Lipinski definition) is 12. The lowest BCUT2D eigenvalue weighted by Crippen LogP contribution is -2.47. The van der Waals surface area contributed by atoms with Gasteiger partial charge in [0.2, 0.25) is 21.8 Å². The Morgan fingerprint density at radius 1 is 1.03 bits per heavy atom. The Labute approximate surface area is 391 Å². The number of para-hydroxylation sites is 2. The molecule has 1 N–H and O–H groups in total. The molecule has 0 unspecified atom stereocenters. The number of carbonyl (C=O) groups excluding carboxylic acids is 4. The van der Waals surface area contributed by atoms with Crippen molar-refractivity contribution in [2.45, 2.75) is 147 Å². The first kappa shape index (κ1) is 47.4. The number of carbonyl (C=O) groups is 4. The minimum atomic E-state index is -3.97. The molecule has 1 saturated heterocycles. The van der Waals surface area contributed by atoms with Crippen molar-refractivity contribution in [2.75, 3.05) is 13.7 Å². The Hall–Kier alpha value is -5.09. The molecule has 14 nitrogen and oxygen atoms in total. The summed E-state index contributed by atoms with van der Waals surface area (Å²) in [6, 6.07) is 13.1. The summed E-state index contributed by atoms with van der Waals surface area (Å²) < 4.78 is 48.1. The highest BCUT2D eigenvalue weighted by Crippen LogP contribution is 2.58. The standard InChI is InChI=1S/C50H63N5O9S2/c1-31(2)55-38-20-15-19-37(44-51-35(30-65-44)24-32-16-13-14-21-41(32)62-7)43(38)52-47(55)63-36-26-39-40(56)28-50(46(59)53-66(60,61)49(6)22-23-49)27-34(50)18-12-10-8-9-11-17-33(45(58)54(39)29-36)25-42(57)64-48(3,4)5/h12-16,18-21,30-31,33-34,36,39H,8-11,17,22-29H2,1-7H3,(H,53,59)/b18-12-/t33-,34-,36-,39+,50-/m1/s1. The number of allylic oxidation sites excluding steroid dienone is 2. The van der Waals surface area contributed by atoms with Crippen LogP contribution in [0.2, 0.25) is 0 Å². The zero-order valence-corrected chi connectivity index (χ0v) is 40.8. The van der Waals surface area contributed by atoms with E-state index in [4.69, 9.17) is 24.2 Å². The van der Waals surface area contributed by atoms with E-state index in [0.717, 1.165) is 52.4 Å². The Kier molecular flexibility index (Phi) is 13.3. The number of imidazole rings is 1. The lowest BCUT2D eigenvalue weighted by molar-refractivity contribution is -0.159. The number of methoxy groups -OCH3 is 1. The van der Waals surface area contributed by atoms with Gasteiger partial charge in [-0.05, 0) is 104 Å². The maximum atomic E-state index is 14.9. The summed E-state index contributed by atoms with van der Waals surface area (Å²) in [6.45, 7) is 11.1. The summed E-state index contributed by atoms with van der Waals surface area (Å²) in [5, 5.41) is 2.84. The first-order valence-corrected chi connectivity index (χ1v) is 25.7. The Balaban J connectivity index is 1.11. The van der Waals surface area contributed by atoms with E-state index in [1.165, 1.54) is 16.2 Å². The normalized spacial score (nSPS) is 25.1. The zero-order valence-electron chi connectivity index (χ0n) is 39.1. The third-order valence-electron chi connectivity index (χ3n) is 13.6. The van der Waals surface area contributed by atoms with Crippen molar-refractivity contribution in [3.63, 3.8) is 0 Å². The molecule has 8 rings (SSSR count). The molecular weight excluding hydrogens is 879 g/mol. The van der Waals surface area contributed by atoms with E-state index < -0.39 is 55.7 Å². The first-order valence-electron chi connectivity index (χ1n) is 23.3. The number of thiazole rings is 1. The number of hydrogen-bond donors (Lipinski definition) is 1. The van der Waals surface area contributed by atoms with Crippen LogP contribution in [0.1, 0.15) is 129 Å². The molecule has 4 aromatic rings. The number of nitrogens with zero attached hydrogens (tertiary/aromatic N) is 4. The third kappa shape index (κ3) is 9.95. The van der Waals surface area contributed by atoms with Gasteiger partial charge in [-0.3, -0.25) is 28.5 Å². The lowest BCUT2D eigenvalue weighted by Gasteiger charge is -2.29. The molecule has 2 aromatic heterocycles. The van der Waals surface area contributed by atoms with Crippen molar-refractivity contribution >= 4 is 56.0 Å². The van der Waals surface area contributed by atoms with E-state index in [2.05, 4.69) is 4.72 Å². The first-order chi connectivity index (χ1) is 31.3. The second-order valence-corrected chi connectivity index (χ2v) is 23.2. The van der Waals surface area contributed by atoms with E-state index in [0.29, 0.717) is 50.1 Å². The fraction of sp³-hybridized carbons (Fsp3) is 0.560. The topological polar surface area (TPSA) is 176 Å². The number of benzene rings is 2. The molecule has 2 aliphatic carbocycles. The average Bonchev–Trinajstić information content (AvgIpc) is 3.94. The number of aromatic nitrogens is 3. The molecule has 0 spiro atoms. The van der Waals surface area contributed by atoms with Crippen LogP contribution in [-0.4, -0.2) is 87.6 Å². The molecule has 0 bridgehead atoms. The molecule has 66 heavy (non-hydrogen) atoms. The monoisotopic (exact) mass is 941 g/mol. The van der Waals surface area contributed by atoms with E-state index in [1.807, 2.05) is 78.4 Å². The quantitative estimate of drug-likeness (QED) is 0.106. The molecule has 0 radical (unpaired) electrons. The third-order valence-corrected chi connectivity index (χ3v) is 16.7. The predicted molar refractivity (Wildman–Crippen MR) is 253 cm³/mol. The predicted octanol–water partition coefficient (Wildman–Crippen LogP) is 8.52. The summed E-state index contributed by atoms with van der Waals surface area (Å²) in [5.41, 5.74) is 2.29. The van der Waals surface area contributed by atoms with Crippen LogP contribution >= 0.6 is 11.3 Å². The molecular formula is C50H63N5O9S2. The van der Waals surface area contributed by atoms with Gasteiger partial charge in [-0.15, -0.1) is 11.3 Å². The van der Waals surface area contributed by atoms with Gasteiger partial charge in [-0.25, -0.2) is 13.4 Å². The van der Waals surface area contributed by atoms with Crippen LogP contribution in [0.3, 0.4) is 0 Å². The van der Waals surface area contributed by atoms with Crippen LogP contribution in [-0.2, 0) is 40.4 Å². The van der Waals surface area contributed by atoms with Crippen molar-refractivity contribution in [1.82, 2.24) is 24.2 Å². The number of fused-ring (bicyclic) bond motifs is 3. The van der Waals surface area contributed by atoms with Crippen LogP contribution < -0.4 is 14.2 Å². The number of sulfonamides is 1. The van der Waals surface area contributed by atoms with Crippen molar-refractivity contribution in [3.8, 4) is 22.3 Å². The van der Waals surface area contributed by atoms with E-state index in [9.17, 15) is 27.6 Å². The summed E-state index contributed by atoms with van der Waals surface area (Å²) >= 11 is 1.53. The summed E-state index contributed by atoms with van der Waals surface area (Å²) in [4.78, 5) is 68.8. The largest absolute Gasteiger partial charge is 0.496 e. The van der Waals surface area contributed by atoms with Gasteiger partial charge in [0.25, 0.3) is 6.01 Å². The van der Waals surface area contributed by atoms with E-state index in [1.54, 1.807) is 34.8 Å². The molecule has 4 aliphatic rings. The highest BCUT2D eigenvalue weighted by molar-refractivity contribution is 7.91. The van der Waals surface area contributed by atoms with Gasteiger partial charge in [-0.1, -0.05) is 49.3 Å². The van der Waals surface area contributed by atoms with Crippen LogP contribution in [0, 0.1) is 17.3 Å². The number of amides is 2. The highest BCUT2D eigenvalue weighted by atomic mass is 32.2. The summed E-state index contributed by atoms with van der Waals surface area (Å²) in [6.07, 6.45) is 8.32. The highest BCUT2D eigenvalue weighted by Gasteiger charge is 2.62. The fourth-order valence-corrected chi connectivity index (χ4v) is 11.7. The lowest BCUT2D eigenvalue weighted by atomic mass is 9.90. The Morgan fingerprint density at radius 3 is 2.53 bits per heavy atom. The van der Waals surface area contributed by atoms with E-state index >= 15 is 0 Å². The van der Waals surface area contributed by atoms with Gasteiger partial charge in [0.05, 0.1) is 47.5 Å². The maximum Gasteiger partial charge on any atom is 0.307 e. The minimum absolute atomic E-state index is 0.0439. The number of Topliss-reactive ketones (excluding diaryl/α,β-unsaturated/α-hetero) is 1.